The van der Waals surface area contributed by atoms with E-state index in [0.717, 1.165) is 18.7 Å². The fourth-order valence-electron chi connectivity index (χ4n) is 2.82. The number of carbonyl (C=O) groups is 1. The van der Waals surface area contributed by atoms with Crippen molar-refractivity contribution in [2.75, 3.05) is 18.5 Å². The number of aryl methyl sites for hydroxylation is 1. The van der Waals surface area contributed by atoms with Gasteiger partial charge >= 0.3 is 0 Å². The first-order valence-corrected chi connectivity index (χ1v) is 7.53. The van der Waals surface area contributed by atoms with E-state index in [1.807, 2.05) is 0 Å². The summed E-state index contributed by atoms with van der Waals surface area (Å²) in [7, 11) is 1.69. The molecule has 1 N–H and O–H groups in total. The van der Waals surface area contributed by atoms with Gasteiger partial charge in [-0.3, -0.25) is 4.79 Å². The molecule has 4 nitrogen and oxygen atoms in total. The molecule has 21 heavy (non-hydrogen) atoms. The molecule has 0 bridgehead atoms. The molecule has 2 atom stereocenters. The minimum Gasteiger partial charge on any atom is -0.371 e. The quantitative estimate of drug-likeness (QED) is 0.930. The topological polar surface area (TPSA) is 41.6 Å². The molecular formula is C17H26N2O2. The SMILES string of the molecule is CNC(=O)C1CC(OC(C)(C)C)CN1c1ccc(C)cc1. The highest BCUT2D eigenvalue weighted by Gasteiger charge is 2.38. The predicted molar refractivity (Wildman–Crippen MR) is 85.6 cm³/mol. The molecule has 0 aromatic heterocycles. The lowest BCUT2D eigenvalue weighted by Gasteiger charge is -2.26. The van der Waals surface area contributed by atoms with E-state index in [9.17, 15) is 4.79 Å². The van der Waals surface area contributed by atoms with E-state index in [1.165, 1.54) is 5.56 Å². The molecule has 0 radical (unpaired) electrons. The van der Waals surface area contributed by atoms with E-state index in [2.05, 4.69) is 62.2 Å². The lowest BCUT2D eigenvalue weighted by molar-refractivity contribution is -0.122. The third-order valence-corrected chi connectivity index (χ3v) is 3.70. The number of benzene rings is 1. The van der Waals surface area contributed by atoms with E-state index in [0.29, 0.717) is 0 Å². The van der Waals surface area contributed by atoms with Crippen LogP contribution < -0.4 is 10.2 Å². The summed E-state index contributed by atoms with van der Waals surface area (Å²) in [6.45, 7) is 8.97. The largest absolute Gasteiger partial charge is 0.371 e. The number of hydrogen-bond donors (Lipinski definition) is 1. The molecule has 1 saturated heterocycles. The number of amides is 1. The predicted octanol–water partition coefficient (Wildman–Crippen LogP) is 2.50. The number of likely N-dealkylation sites (N-methyl/N-ethyl adjacent to an activating group) is 1. The molecule has 0 aliphatic carbocycles. The number of nitrogens with zero attached hydrogens (tertiary/aromatic N) is 1. The third kappa shape index (κ3) is 3.97. The highest BCUT2D eigenvalue weighted by atomic mass is 16.5. The molecule has 1 amide bonds. The van der Waals surface area contributed by atoms with Crippen molar-refractivity contribution in [3.8, 4) is 0 Å². The lowest BCUT2D eigenvalue weighted by Crippen LogP contribution is -2.41. The van der Waals surface area contributed by atoms with Gasteiger partial charge in [-0.25, -0.2) is 0 Å². The number of anilines is 1. The number of nitrogens with one attached hydrogen (secondary N) is 1. The van der Waals surface area contributed by atoms with Crippen LogP contribution in [0.3, 0.4) is 0 Å². The van der Waals surface area contributed by atoms with E-state index in [-0.39, 0.29) is 23.7 Å². The second-order valence-electron chi connectivity index (χ2n) is 6.71. The molecule has 116 valence electrons. The first kappa shape index (κ1) is 15.8. The van der Waals surface area contributed by atoms with Crippen LogP contribution in [0.15, 0.2) is 24.3 Å². The van der Waals surface area contributed by atoms with Crippen LogP contribution >= 0.6 is 0 Å². The maximum atomic E-state index is 12.2. The van der Waals surface area contributed by atoms with Gasteiger partial charge in [-0.1, -0.05) is 17.7 Å². The van der Waals surface area contributed by atoms with Gasteiger partial charge in [0, 0.05) is 25.7 Å². The van der Waals surface area contributed by atoms with Crippen molar-refractivity contribution in [2.24, 2.45) is 0 Å². The van der Waals surface area contributed by atoms with E-state index >= 15 is 0 Å². The molecule has 1 aromatic carbocycles. The summed E-state index contributed by atoms with van der Waals surface area (Å²) < 4.78 is 6.08. The van der Waals surface area contributed by atoms with Crippen LogP contribution in [-0.4, -0.2) is 37.2 Å². The second-order valence-corrected chi connectivity index (χ2v) is 6.71. The average molecular weight is 290 g/mol. The summed E-state index contributed by atoms with van der Waals surface area (Å²) in [5, 5.41) is 2.77. The van der Waals surface area contributed by atoms with Crippen molar-refractivity contribution < 1.29 is 9.53 Å². The Morgan fingerprint density at radius 1 is 1.29 bits per heavy atom. The summed E-state index contributed by atoms with van der Waals surface area (Å²) in [6, 6.07) is 8.14. The minimum atomic E-state index is -0.193. The van der Waals surface area contributed by atoms with Crippen molar-refractivity contribution in [1.82, 2.24) is 5.32 Å². The van der Waals surface area contributed by atoms with E-state index in [1.54, 1.807) is 7.05 Å². The maximum absolute atomic E-state index is 12.2. The van der Waals surface area contributed by atoms with Gasteiger partial charge in [-0.2, -0.15) is 0 Å². The molecule has 2 rings (SSSR count). The van der Waals surface area contributed by atoms with E-state index < -0.39 is 0 Å². The summed E-state index contributed by atoms with van der Waals surface area (Å²) >= 11 is 0. The minimum absolute atomic E-state index is 0.0515. The molecule has 1 fully saturated rings. The van der Waals surface area contributed by atoms with E-state index in [4.69, 9.17) is 4.74 Å². The molecule has 1 aliphatic rings. The van der Waals surface area contributed by atoms with Gasteiger partial charge in [0.15, 0.2) is 0 Å². The number of rotatable bonds is 3. The van der Waals surface area contributed by atoms with Crippen LogP contribution in [0.2, 0.25) is 0 Å². The van der Waals surface area contributed by atoms with Gasteiger partial charge in [0.05, 0.1) is 11.7 Å². The Labute approximate surface area is 127 Å². The molecule has 0 saturated carbocycles. The fraction of sp³-hybridized carbons (Fsp3) is 0.588. The molecule has 2 unspecified atom stereocenters. The Balaban J connectivity index is 2.20. The van der Waals surface area contributed by atoms with Crippen LogP contribution in [0, 0.1) is 6.92 Å². The zero-order valence-electron chi connectivity index (χ0n) is 13.6. The zero-order chi connectivity index (χ0) is 15.6. The summed E-state index contributed by atoms with van der Waals surface area (Å²) in [5.41, 5.74) is 2.10. The van der Waals surface area contributed by atoms with Gasteiger partial charge in [-0.05, 0) is 39.8 Å². The normalized spacial score (nSPS) is 22.4. The number of carbonyl (C=O) groups excluding carboxylic acids is 1. The van der Waals surface area contributed by atoms with Crippen LogP contribution in [-0.2, 0) is 9.53 Å². The van der Waals surface area contributed by atoms with Gasteiger partial charge < -0.3 is 15.0 Å². The fourth-order valence-corrected chi connectivity index (χ4v) is 2.82. The van der Waals surface area contributed by atoms with Crippen LogP contribution in [0.5, 0.6) is 0 Å². The molecule has 4 heteroatoms. The Morgan fingerprint density at radius 2 is 1.90 bits per heavy atom. The van der Waals surface area contributed by atoms with Crippen molar-refractivity contribution in [1.29, 1.82) is 0 Å². The molecule has 1 aliphatic heterocycles. The smallest absolute Gasteiger partial charge is 0.242 e. The molecule has 1 aromatic rings. The van der Waals surface area contributed by atoms with Gasteiger partial charge in [-0.15, -0.1) is 0 Å². The highest BCUT2D eigenvalue weighted by molar-refractivity contribution is 5.85. The molecule has 0 spiro atoms. The summed E-state index contributed by atoms with van der Waals surface area (Å²) in [6.07, 6.45) is 0.804. The average Bonchev–Trinajstić information content (AvgIpc) is 2.80. The van der Waals surface area contributed by atoms with Gasteiger partial charge in [0.1, 0.15) is 6.04 Å². The van der Waals surface area contributed by atoms with Crippen LogP contribution in [0.4, 0.5) is 5.69 Å². The van der Waals surface area contributed by atoms with Crippen molar-refractivity contribution >= 4 is 11.6 Å². The van der Waals surface area contributed by atoms with Gasteiger partial charge in [0.2, 0.25) is 5.91 Å². The molecular weight excluding hydrogens is 264 g/mol. The number of hydrogen-bond acceptors (Lipinski definition) is 3. The Kier molecular flexibility index (Phi) is 4.57. The highest BCUT2D eigenvalue weighted by Crippen LogP contribution is 2.29. The second kappa shape index (κ2) is 6.06. The summed E-state index contributed by atoms with van der Waals surface area (Å²) in [5.74, 6) is 0.0515. The van der Waals surface area contributed by atoms with Crippen molar-refractivity contribution in [3.05, 3.63) is 29.8 Å². The Hall–Kier alpha value is -1.55. The van der Waals surface area contributed by atoms with Crippen molar-refractivity contribution in [2.45, 2.75) is 51.9 Å². The summed E-state index contributed by atoms with van der Waals surface area (Å²) in [4.78, 5) is 14.3. The van der Waals surface area contributed by atoms with Gasteiger partial charge in [0.25, 0.3) is 0 Å². The van der Waals surface area contributed by atoms with Crippen LogP contribution in [0.25, 0.3) is 0 Å². The Bertz CT molecular complexity index is 491. The third-order valence-electron chi connectivity index (χ3n) is 3.70. The zero-order valence-corrected chi connectivity index (χ0v) is 13.6. The Morgan fingerprint density at radius 3 is 2.43 bits per heavy atom. The monoisotopic (exact) mass is 290 g/mol. The maximum Gasteiger partial charge on any atom is 0.242 e. The van der Waals surface area contributed by atoms with Crippen LogP contribution in [0.1, 0.15) is 32.8 Å². The first-order chi connectivity index (χ1) is 9.80. The first-order valence-electron chi connectivity index (χ1n) is 7.53. The molecule has 1 heterocycles. The van der Waals surface area contributed by atoms with Crippen molar-refractivity contribution in [3.63, 3.8) is 0 Å². The lowest BCUT2D eigenvalue weighted by atomic mass is 10.1. The standard InChI is InChI=1S/C17H26N2O2/c1-12-6-8-13(9-7-12)19-11-14(21-17(2,3)4)10-15(19)16(20)18-5/h6-9,14-15H,10-11H2,1-5H3,(H,18,20). The number of ether oxygens (including phenoxy) is 1.